The topological polar surface area (TPSA) is 123 Å². The summed E-state index contributed by atoms with van der Waals surface area (Å²) >= 11 is 5.95. The minimum Gasteiger partial charge on any atom is -0.497 e. The molecule has 0 bridgehead atoms. The van der Waals surface area contributed by atoms with Crippen molar-refractivity contribution in [2.24, 2.45) is 0 Å². The van der Waals surface area contributed by atoms with Crippen LogP contribution in [0.2, 0.25) is 5.02 Å². The van der Waals surface area contributed by atoms with Crippen LogP contribution in [0.3, 0.4) is 0 Å². The molecule has 0 spiro atoms. The molecule has 1 heterocycles. The van der Waals surface area contributed by atoms with Crippen molar-refractivity contribution in [3.63, 3.8) is 0 Å². The number of nitrogens with zero attached hydrogens (tertiary/aromatic N) is 2. The third-order valence-corrected chi connectivity index (χ3v) is 5.67. The van der Waals surface area contributed by atoms with Gasteiger partial charge in [0.1, 0.15) is 17.3 Å². The van der Waals surface area contributed by atoms with E-state index in [1.807, 2.05) is 24.3 Å². The number of nitrogens with two attached hydrogens (primary N) is 1. The first kappa shape index (κ1) is 24.6. The van der Waals surface area contributed by atoms with Gasteiger partial charge >= 0.3 is 6.03 Å². The molecule has 0 unspecified atom stereocenters. The Bertz CT molecular complexity index is 1400. The molecule has 0 radical (unpaired) electrons. The number of halogens is 1. The van der Waals surface area contributed by atoms with Crippen molar-refractivity contribution in [2.45, 2.75) is 13.5 Å². The van der Waals surface area contributed by atoms with E-state index < -0.39 is 6.03 Å². The van der Waals surface area contributed by atoms with Crippen LogP contribution in [-0.2, 0) is 6.54 Å². The van der Waals surface area contributed by atoms with Crippen LogP contribution in [0.1, 0.15) is 21.5 Å². The summed E-state index contributed by atoms with van der Waals surface area (Å²) in [7, 11) is 1.61. The Morgan fingerprint density at radius 1 is 1.00 bits per heavy atom. The zero-order chi connectivity index (χ0) is 25.7. The maximum Gasteiger partial charge on any atom is 0.323 e. The van der Waals surface area contributed by atoms with Crippen LogP contribution in [0, 0.1) is 6.92 Å². The first-order valence-electron chi connectivity index (χ1n) is 11.0. The van der Waals surface area contributed by atoms with Gasteiger partial charge in [-0.2, -0.15) is 5.10 Å². The van der Waals surface area contributed by atoms with E-state index in [1.165, 1.54) is 6.20 Å². The number of anilines is 4. The second-order valence-corrected chi connectivity index (χ2v) is 8.46. The van der Waals surface area contributed by atoms with Crippen LogP contribution in [0.15, 0.2) is 72.9 Å². The number of hydrogen-bond donors (Lipinski definition) is 4. The Labute approximate surface area is 213 Å². The van der Waals surface area contributed by atoms with Crippen LogP contribution < -0.4 is 26.4 Å². The normalized spacial score (nSPS) is 10.5. The number of methoxy groups -OCH3 is 1. The maximum absolute atomic E-state index is 12.9. The molecule has 10 heteroatoms. The zero-order valence-electron chi connectivity index (χ0n) is 19.7. The summed E-state index contributed by atoms with van der Waals surface area (Å²) in [4.78, 5) is 25.2. The zero-order valence-corrected chi connectivity index (χ0v) is 20.5. The predicted molar refractivity (Wildman–Crippen MR) is 142 cm³/mol. The summed E-state index contributed by atoms with van der Waals surface area (Å²) < 4.78 is 6.78. The quantitative estimate of drug-likeness (QED) is 0.269. The van der Waals surface area contributed by atoms with Crippen LogP contribution in [0.25, 0.3) is 0 Å². The second kappa shape index (κ2) is 10.8. The molecule has 4 rings (SSSR count). The highest BCUT2D eigenvalue weighted by Gasteiger charge is 2.15. The second-order valence-electron chi connectivity index (χ2n) is 8.02. The molecule has 1 aromatic heterocycles. The number of carbonyl (C=O) groups is 2. The number of carbonyl (C=O) groups excluding carboxylic acids is 2. The lowest BCUT2D eigenvalue weighted by molar-refractivity contribution is 0.102. The van der Waals surface area contributed by atoms with Gasteiger partial charge in [0.25, 0.3) is 5.91 Å². The van der Waals surface area contributed by atoms with Gasteiger partial charge in [-0.15, -0.1) is 0 Å². The molecule has 36 heavy (non-hydrogen) atoms. The number of amides is 3. The maximum atomic E-state index is 12.9. The van der Waals surface area contributed by atoms with E-state index in [0.29, 0.717) is 45.6 Å². The highest BCUT2D eigenvalue weighted by Crippen LogP contribution is 2.23. The van der Waals surface area contributed by atoms with Crippen molar-refractivity contribution in [1.82, 2.24) is 9.78 Å². The SMILES string of the molecule is COc1ccc(Cn2ncc(NC(=O)c3ccc(NC(=O)Nc4cccc(Cl)c4)cc3C)c2N)cc1. The molecule has 184 valence electrons. The number of nitrogens with one attached hydrogen (secondary N) is 3. The number of urea groups is 1. The Kier molecular flexibility index (Phi) is 7.41. The van der Waals surface area contributed by atoms with Gasteiger partial charge in [0.2, 0.25) is 0 Å². The smallest absolute Gasteiger partial charge is 0.323 e. The number of aryl methyl sites for hydroxylation is 1. The van der Waals surface area contributed by atoms with Crippen molar-refractivity contribution >= 4 is 46.4 Å². The van der Waals surface area contributed by atoms with E-state index in [0.717, 1.165) is 11.3 Å². The van der Waals surface area contributed by atoms with Crippen LogP contribution in [0.5, 0.6) is 5.75 Å². The van der Waals surface area contributed by atoms with E-state index in [1.54, 1.807) is 61.2 Å². The van der Waals surface area contributed by atoms with Gasteiger partial charge in [-0.05, 0) is 66.6 Å². The van der Waals surface area contributed by atoms with Crippen LogP contribution >= 0.6 is 11.6 Å². The standard InChI is InChI=1S/C26H25ClN6O3/c1-16-12-20(31-26(35)30-19-5-3-4-18(27)13-19)8-11-22(16)25(34)32-23-14-29-33(24(23)28)15-17-6-9-21(36-2)10-7-17/h3-14H,15,28H2,1-2H3,(H,32,34)(H2,30,31,35). The van der Waals surface area contributed by atoms with Crippen molar-refractivity contribution in [1.29, 1.82) is 0 Å². The average Bonchev–Trinajstić information content (AvgIpc) is 3.18. The molecule has 5 N–H and O–H groups in total. The van der Waals surface area contributed by atoms with Gasteiger partial charge in [-0.3, -0.25) is 4.79 Å². The molecule has 0 saturated carbocycles. The molecular formula is C26H25ClN6O3. The fourth-order valence-corrected chi connectivity index (χ4v) is 3.76. The van der Waals surface area contributed by atoms with E-state index in [9.17, 15) is 9.59 Å². The van der Waals surface area contributed by atoms with E-state index in [-0.39, 0.29) is 5.91 Å². The number of rotatable bonds is 7. The average molecular weight is 505 g/mol. The van der Waals surface area contributed by atoms with Crippen molar-refractivity contribution in [3.05, 3.63) is 94.6 Å². The van der Waals surface area contributed by atoms with Crippen molar-refractivity contribution in [2.75, 3.05) is 28.8 Å². The minimum atomic E-state index is -0.425. The summed E-state index contributed by atoms with van der Waals surface area (Å²) in [5.41, 5.74) is 9.85. The molecule has 3 amide bonds. The molecule has 3 aromatic carbocycles. The largest absolute Gasteiger partial charge is 0.497 e. The lowest BCUT2D eigenvalue weighted by Gasteiger charge is -2.11. The van der Waals surface area contributed by atoms with Gasteiger partial charge in [0.15, 0.2) is 0 Å². The Morgan fingerprint density at radius 3 is 2.39 bits per heavy atom. The van der Waals surface area contributed by atoms with E-state index >= 15 is 0 Å². The van der Waals surface area contributed by atoms with Gasteiger partial charge in [-0.25, -0.2) is 9.48 Å². The Balaban J connectivity index is 1.39. The minimum absolute atomic E-state index is 0.335. The number of hydrogen-bond acceptors (Lipinski definition) is 5. The number of ether oxygens (including phenoxy) is 1. The van der Waals surface area contributed by atoms with Crippen molar-refractivity contribution in [3.8, 4) is 5.75 Å². The summed E-state index contributed by atoms with van der Waals surface area (Å²) in [6.07, 6.45) is 1.52. The first-order valence-corrected chi connectivity index (χ1v) is 11.4. The predicted octanol–water partition coefficient (Wildman–Crippen LogP) is 5.38. The summed E-state index contributed by atoms with van der Waals surface area (Å²) in [5, 5.41) is 13.1. The molecule has 0 aliphatic heterocycles. The third-order valence-electron chi connectivity index (χ3n) is 5.43. The molecule has 4 aromatic rings. The Hall–Kier alpha value is -4.50. The summed E-state index contributed by atoms with van der Waals surface area (Å²) in [5.74, 6) is 0.768. The first-order chi connectivity index (χ1) is 17.3. The lowest BCUT2D eigenvalue weighted by atomic mass is 10.1. The van der Waals surface area contributed by atoms with E-state index in [2.05, 4.69) is 21.0 Å². The fourth-order valence-electron chi connectivity index (χ4n) is 3.57. The molecule has 0 saturated heterocycles. The fraction of sp³-hybridized carbons (Fsp3) is 0.115. The summed E-state index contributed by atoms with van der Waals surface area (Å²) in [6, 6.07) is 19.0. The Morgan fingerprint density at radius 2 is 1.72 bits per heavy atom. The highest BCUT2D eigenvalue weighted by molar-refractivity contribution is 6.30. The molecular weight excluding hydrogens is 480 g/mol. The lowest BCUT2D eigenvalue weighted by Crippen LogP contribution is -2.20. The molecule has 0 atom stereocenters. The third kappa shape index (κ3) is 5.94. The molecule has 0 fully saturated rings. The van der Waals surface area contributed by atoms with Gasteiger partial charge in [0.05, 0.1) is 19.9 Å². The molecule has 0 aliphatic rings. The molecule has 9 nitrogen and oxygen atoms in total. The van der Waals surface area contributed by atoms with Crippen LogP contribution in [-0.4, -0.2) is 28.8 Å². The molecule has 0 aliphatic carbocycles. The van der Waals surface area contributed by atoms with Gasteiger partial charge < -0.3 is 26.4 Å². The number of aromatic nitrogens is 2. The highest BCUT2D eigenvalue weighted by atomic mass is 35.5. The number of nitrogen functional groups attached to an aromatic ring is 1. The monoisotopic (exact) mass is 504 g/mol. The van der Waals surface area contributed by atoms with Crippen LogP contribution in [0.4, 0.5) is 27.7 Å². The van der Waals surface area contributed by atoms with Crippen molar-refractivity contribution < 1.29 is 14.3 Å². The summed E-state index contributed by atoms with van der Waals surface area (Å²) in [6.45, 7) is 2.23. The van der Waals surface area contributed by atoms with E-state index in [4.69, 9.17) is 22.1 Å². The van der Waals surface area contributed by atoms with Gasteiger partial charge in [-0.1, -0.05) is 29.8 Å². The number of benzene rings is 3. The van der Waals surface area contributed by atoms with Gasteiger partial charge in [0, 0.05) is 22.0 Å².